The van der Waals surface area contributed by atoms with Crippen LogP contribution in [0.2, 0.25) is 5.02 Å². The average Bonchev–Trinajstić information content (AvgIpc) is 3.04. The highest BCUT2D eigenvalue weighted by molar-refractivity contribution is 7.19. The summed E-state index contributed by atoms with van der Waals surface area (Å²) < 4.78 is 18.9. The third-order valence-corrected chi connectivity index (χ3v) is 3.88. The fraction of sp³-hybridized carbons (Fsp3) is 0.0769. The number of anilines is 1. The average molecular weight is 310 g/mol. The zero-order valence-corrected chi connectivity index (χ0v) is 11.7. The first-order chi connectivity index (χ1) is 9.63. The van der Waals surface area contributed by atoms with Gasteiger partial charge in [0.05, 0.1) is 14.9 Å². The minimum Gasteiger partial charge on any atom is -0.391 e. The van der Waals surface area contributed by atoms with Gasteiger partial charge in [-0.15, -0.1) is 11.3 Å². The van der Waals surface area contributed by atoms with Gasteiger partial charge in [-0.25, -0.2) is 4.39 Å². The lowest BCUT2D eigenvalue weighted by atomic mass is 10.1. The van der Waals surface area contributed by atoms with Crippen molar-refractivity contribution in [1.82, 2.24) is 10.1 Å². The van der Waals surface area contributed by atoms with Crippen molar-refractivity contribution in [2.45, 2.75) is 6.42 Å². The van der Waals surface area contributed by atoms with Crippen molar-refractivity contribution >= 4 is 27.9 Å². The van der Waals surface area contributed by atoms with Gasteiger partial charge in [0.25, 0.3) is 5.89 Å². The molecular formula is C13H9ClFN3OS. The van der Waals surface area contributed by atoms with E-state index >= 15 is 0 Å². The predicted octanol–water partition coefficient (Wildman–Crippen LogP) is 3.76. The lowest BCUT2D eigenvalue weighted by Gasteiger charge is -2.00. The molecule has 0 bridgehead atoms. The first-order valence-electron chi connectivity index (χ1n) is 5.74. The Hall–Kier alpha value is -1.92. The molecule has 0 saturated carbocycles. The molecule has 3 rings (SSSR count). The number of nitrogens with two attached hydrogens (primary N) is 1. The number of hydrogen-bond acceptors (Lipinski definition) is 5. The van der Waals surface area contributed by atoms with E-state index in [0.29, 0.717) is 22.3 Å². The largest absolute Gasteiger partial charge is 0.391 e. The molecule has 0 spiro atoms. The van der Waals surface area contributed by atoms with Gasteiger partial charge in [0.15, 0.2) is 5.82 Å². The molecule has 20 heavy (non-hydrogen) atoms. The van der Waals surface area contributed by atoms with Gasteiger partial charge in [0.1, 0.15) is 5.82 Å². The number of thiophene rings is 1. The van der Waals surface area contributed by atoms with Crippen LogP contribution in [0.3, 0.4) is 0 Å². The maximum atomic E-state index is 13.8. The quantitative estimate of drug-likeness (QED) is 0.800. The summed E-state index contributed by atoms with van der Waals surface area (Å²) in [4.78, 5) is 5.01. The van der Waals surface area contributed by atoms with Crippen LogP contribution >= 0.6 is 22.9 Å². The second kappa shape index (κ2) is 5.22. The summed E-state index contributed by atoms with van der Waals surface area (Å²) in [7, 11) is 0. The van der Waals surface area contributed by atoms with Crippen LogP contribution in [0.25, 0.3) is 10.8 Å². The molecule has 0 aliphatic rings. The van der Waals surface area contributed by atoms with Crippen molar-refractivity contribution in [3.63, 3.8) is 0 Å². The Labute approximate surface area is 123 Å². The zero-order valence-electron chi connectivity index (χ0n) is 10.1. The maximum absolute atomic E-state index is 13.8. The Balaban J connectivity index is 1.86. The van der Waals surface area contributed by atoms with E-state index in [9.17, 15) is 4.39 Å². The van der Waals surface area contributed by atoms with E-state index in [1.54, 1.807) is 24.3 Å². The molecule has 3 aromatic rings. The molecule has 0 unspecified atom stereocenters. The summed E-state index contributed by atoms with van der Waals surface area (Å²) in [5.74, 6) is 0.318. The normalized spacial score (nSPS) is 10.9. The van der Waals surface area contributed by atoms with Gasteiger partial charge in [0.2, 0.25) is 0 Å². The van der Waals surface area contributed by atoms with Gasteiger partial charge < -0.3 is 10.3 Å². The Morgan fingerprint density at radius 3 is 2.90 bits per heavy atom. The maximum Gasteiger partial charge on any atom is 0.268 e. The van der Waals surface area contributed by atoms with Gasteiger partial charge >= 0.3 is 0 Å². The Morgan fingerprint density at radius 2 is 2.15 bits per heavy atom. The standard InChI is InChI=1S/C13H9ClFN3OS/c14-8-3-1-2-7(12(8)15)6-11-17-13(19-18-11)9-4-5-10(16)20-9/h1-5H,6,16H2. The summed E-state index contributed by atoms with van der Waals surface area (Å²) in [6, 6.07) is 8.39. The Kier molecular flexibility index (Phi) is 3.42. The lowest BCUT2D eigenvalue weighted by Crippen LogP contribution is -1.95. The molecule has 0 saturated heterocycles. The summed E-state index contributed by atoms with van der Waals surface area (Å²) in [5.41, 5.74) is 6.07. The van der Waals surface area contributed by atoms with Crippen molar-refractivity contribution in [2.24, 2.45) is 0 Å². The molecule has 7 heteroatoms. The minimum absolute atomic E-state index is 0.0808. The van der Waals surface area contributed by atoms with Crippen LogP contribution in [0.1, 0.15) is 11.4 Å². The summed E-state index contributed by atoms with van der Waals surface area (Å²) in [6.07, 6.45) is 0.219. The van der Waals surface area contributed by atoms with E-state index in [4.69, 9.17) is 21.9 Å². The van der Waals surface area contributed by atoms with Gasteiger partial charge in [-0.3, -0.25) is 0 Å². The van der Waals surface area contributed by atoms with Crippen molar-refractivity contribution in [3.05, 3.63) is 52.6 Å². The highest BCUT2D eigenvalue weighted by atomic mass is 35.5. The van der Waals surface area contributed by atoms with Crippen LogP contribution in [0.5, 0.6) is 0 Å². The Morgan fingerprint density at radius 1 is 1.30 bits per heavy atom. The first-order valence-corrected chi connectivity index (χ1v) is 6.94. The van der Waals surface area contributed by atoms with Crippen LogP contribution in [-0.4, -0.2) is 10.1 Å². The summed E-state index contributed by atoms with van der Waals surface area (Å²) >= 11 is 7.08. The van der Waals surface area contributed by atoms with Crippen LogP contribution in [-0.2, 0) is 6.42 Å². The van der Waals surface area contributed by atoms with E-state index in [2.05, 4.69) is 10.1 Å². The van der Waals surface area contributed by atoms with Crippen molar-refractivity contribution in [3.8, 4) is 10.8 Å². The van der Waals surface area contributed by atoms with Crippen molar-refractivity contribution in [2.75, 3.05) is 5.73 Å². The summed E-state index contributed by atoms with van der Waals surface area (Å²) in [5, 5.41) is 4.59. The molecule has 0 radical (unpaired) electrons. The molecule has 1 aromatic carbocycles. The van der Waals surface area contributed by atoms with Crippen LogP contribution in [0.15, 0.2) is 34.9 Å². The predicted molar refractivity (Wildman–Crippen MR) is 76.2 cm³/mol. The molecular weight excluding hydrogens is 301 g/mol. The van der Waals surface area contributed by atoms with Crippen LogP contribution in [0.4, 0.5) is 9.39 Å². The summed E-state index contributed by atoms with van der Waals surface area (Å²) in [6.45, 7) is 0. The number of aromatic nitrogens is 2. The minimum atomic E-state index is -0.458. The van der Waals surface area contributed by atoms with E-state index in [0.717, 1.165) is 4.88 Å². The molecule has 0 aliphatic heterocycles. The number of nitrogen functional groups attached to an aromatic ring is 1. The third-order valence-electron chi connectivity index (χ3n) is 2.69. The van der Waals surface area contributed by atoms with E-state index in [1.807, 2.05) is 0 Å². The Bertz CT molecular complexity index is 756. The highest BCUT2D eigenvalue weighted by Crippen LogP contribution is 2.28. The fourth-order valence-corrected chi connectivity index (χ4v) is 2.64. The van der Waals surface area contributed by atoms with Gasteiger partial charge in [-0.05, 0) is 23.8 Å². The topological polar surface area (TPSA) is 64.9 Å². The molecule has 4 nitrogen and oxygen atoms in total. The highest BCUT2D eigenvalue weighted by Gasteiger charge is 2.14. The lowest BCUT2D eigenvalue weighted by molar-refractivity contribution is 0.424. The zero-order chi connectivity index (χ0) is 14.1. The molecule has 2 heterocycles. The molecule has 0 amide bonds. The van der Waals surface area contributed by atoms with Gasteiger partial charge in [0, 0.05) is 6.42 Å². The van der Waals surface area contributed by atoms with E-state index in [1.165, 1.54) is 17.4 Å². The number of hydrogen-bond donors (Lipinski definition) is 1. The number of rotatable bonds is 3. The molecule has 2 N–H and O–H groups in total. The molecule has 0 aliphatic carbocycles. The second-order valence-electron chi connectivity index (χ2n) is 4.11. The van der Waals surface area contributed by atoms with E-state index in [-0.39, 0.29) is 11.4 Å². The van der Waals surface area contributed by atoms with Crippen molar-refractivity contribution in [1.29, 1.82) is 0 Å². The molecule has 0 atom stereocenters. The van der Waals surface area contributed by atoms with Gasteiger partial charge in [-0.2, -0.15) is 4.98 Å². The molecule has 2 aromatic heterocycles. The number of benzene rings is 1. The van der Waals surface area contributed by atoms with Crippen LogP contribution < -0.4 is 5.73 Å². The number of halogens is 2. The van der Waals surface area contributed by atoms with Crippen molar-refractivity contribution < 1.29 is 8.91 Å². The monoisotopic (exact) mass is 309 g/mol. The van der Waals surface area contributed by atoms with Crippen LogP contribution in [0, 0.1) is 5.82 Å². The smallest absolute Gasteiger partial charge is 0.268 e. The first kappa shape index (κ1) is 13.1. The SMILES string of the molecule is Nc1ccc(-c2nc(Cc3cccc(Cl)c3F)no2)s1. The second-order valence-corrected chi connectivity index (χ2v) is 5.63. The molecule has 102 valence electrons. The number of nitrogens with zero attached hydrogens (tertiary/aromatic N) is 2. The van der Waals surface area contributed by atoms with E-state index < -0.39 is 5.82 Å². The van der Waals surface area contributed by atoms with Gasteiger partial charge in [-0.1, -0.05) is 28.9 Å². The third kappa shape index (κ3) is 2.52. The molecule has 0 fully saturated rings. The fourth-order valence-electron chi connectivity index (χ4n) is 1.75.